The van der Waals surface area contributed by atoms with E-state index in [1.165, 1.54) is 41.4 Å². The highest BCUT2D eigenvalue weighted by Crippen LogP contribution is 2.34. The Hall–Kier alpha value is -0.610. The van der Waals surface area contributed by atoms with Crippen LogP contribution in [0.3, 0.4) is 0 Å². The van der Waals surface area contributed by atoms with Crippen molar-refractivity contribution < 1.29 is 0 Å². The van der Waals surface area contributed by atoms with Gasteiger partial charge >= 0.3 is 0 Å². The van der Waals surface area contributed by atoms with Gasteiger partial charge in [0.2, 0.25) is 0 Å². The zero-order chi connectivity index (χ0) is 13.8. The van der Waals surface area contributed by atoms with E-state index in [1.54, 1.807) is 0 Å². The number of hydrogen-bond donors (Lipinski definition) is 1. The van der Waals surface area contributed by atoms with E-state index in [0.717, 1.165) is 19.1 Å². The van der Waals surface area contributed by atoms with Crippen molar-refractivity contribution in [2.45, 2.75) is 65.0 Å². The predicted molar refractivity (Wildman–Crippen MR) is 84.2 cm³/mol. The summed E-state index contributed by atoms with van der Waals surface area (Å²) in [5.74, 6) is 0.510. The molecule has 0 atom stereocenters. The molecule has 0 unspecified atom stereocenters. The van der Waals surface area contributed by atoms with Crippen LogP contribution in [0.1, 0.15) is 62.9 Å². The minimum atomic E-state index is 0.510. The van der Waals surface area contributed by atoms with Gasteiger partial charge in [0.05, 0.1) is 5.69 Å². The Kier molecular flexibility index (Phi) is 5.22. The van der Waals surface area contributed by atoms with Crippen LogP contribution in [-0.4, -0.2) is 24.6 Å². The molecule has 0 spiro atoms. The third-order valence-corrected chi connectivity index (χ3v) is 5.06. The van der Waals surface area contributed by atoms with Crippen molar-refractivity contribution in [3.63, 3.8) is 0 Å². The van der Waals surface area contributed by atoms with E-state index in [-0.39, 0.29) is 0 Å². The average Bonchev–Trinajstić information content (AvgIpc) is 3.01. The number of aromatic nitrogens is 1. The Morgan fingerprint density at radius 1 is 1.37 bits per heavy atom. The topological polar surface area (TPSA) is 28.2 Å². The van der Waals surface area contributed by atoms with Crippen LogP contribution in [-0.2, 0) is 6.54 Å². The van der Waals surface area contributed by atoms with Gasteiger partial charge in [-0.25, -0.2) is 4.98 Å². The molecule has 1 aliphatic rings. The molecule has 2 rings (SSSR count). The van der Waals surface area contributed by atoms with Crippen LogP contribution in [0.15, 0.2) is 0 Å². The van der Waals surface area contributed by atoms with Crippen molar-refractivity contribution in [1.29, 1.82) is 0 Å². The lowest BCUT2D eigenvalue weighted by Gasteiger charge is -2.27. The van der Waals surface area contributed by atoms with Crippen molar-refractivity contribution >= 4 is 16.5 Å². The van der Waals surface area contributed by atoms with E-state index < -0.39 is 0 Å². The molecule has 0 aromatic carbocycles. The fourth-order valence-corrected chi connectivity index (χ4v) is 4.34. The SMILES string of the molecule is CCN(c1nc(C(C)C)c(CNC)s1)C1CCCC1. The summed E-state index contributed by atoms with van der Waals surface area (Å²) in [5, 5.41) is 4.51. The molecule has 108 valence electrons. The molecule has 1 heterocycles. The van der Waals surface area contributed by atoms with Gasteiger partial charge in [-0.15, -0.1) is 11.3 Å². The lowest BCUT2D eigenvalue weighted by molar-refractivity contribution is 0.616. The first-order valence-corrected chi connectivity index (χ1v) is 8.39. The second kappa shape index (κ2) is 6.71. The van der Waals surface area contributed by atoms with E-state index >= 15 is 0 Å². The van der Waals surface area contributed by atoms with Crippen molar-refractivity contribution in [3.8, 4) is 0 Å². The molecule has 1 aromatic heterocycles. The lowest BCUT2D eigenvalue weighted by atomic mass is 10.1. The maximum Gasteiger partial charge on any atom is 0.186 e. The smallest absolute Gasteiger partial charge is 0.186 e. The normalized spacial score (nSPS) is 16.5. The van der Waals surface area contributed by atoms with E-state index in [4.69, 9.17) is 4.98 Å². The molecular weight excluding hydrogens is 254 g/mol. The Morgan fingerprint density at radius 3 is 2.58 bits per heavy atom. The van der Waals surface area contributed by atoms with Gasteiger partial charge in [-0.3, -0.25) is 0 Å². The summed E-state index contributed by atoms with van der Waals surface area (Å²) in [6.07, 6.45) is 5.44. The van der Waals surface area contributed by atoms with Gasteiger partial charge in [0.25, 0.3) is 0 Å². The summed E-state index contributed by atoms with van der Waals surface area (Å²) >= 11 is 1.88. The number of hydrogen-bond acceptors (Lipinski definition) is 4. The van der Waals surface area contributed by atoms with Crippen molar-refractivity contribution in [1.82, 2.24) is 10.3 Å². The zero-order valence-corrected chi connectivity index (χ0v) is 13.5. The van der Waals surface area contributed by atoms with Crippen molar-refractivity contribution in [3.05, 3.63) is 10.6 Å². The summed E-state index contributed by atoms with van der Waals surface area (Å²) in [6, 6.07) is 0.721. The third kappa shape index (κ3) is 3.29. The zero-order valence-electron chi connectivity index (χ0n) is 12.7. The highest BCUT2D eigenvalue weighted by molar-refractivity contribution is 7.15. The van der Waals surface area contributed by atoms with Gasteiger partial charge in [0, 0.05) is 24.0 Å². The second-order valence-corrected chi connectivity index (χ2v) is 6.78. The molecule has 0 aliphatic heterocycles. The first-order valence-electron chi connectivity index (χ1n) is 7.58. The quantitative estimate of drug-likeness (QED) is 0.860. The maximum absolute atomic E-state index is 4.95. The summed E-state index contributed by atoms with van der Waals surface area (Å²) in [5.41, 5.74) is 1.28. The van der Waals surface area contributed by atoms with Crippen LogP contribution in [0.2, 0.25) is 0 Å². The fraction of sp³-hybridized carbons (Fsp3) is 0.800. The number of rotatable bonds is 6. The minimum absolute atomic E-state index is 0.510. The lowest BCUT2D eigenvalue weighted by Crippen LogP contribution is -2.32. The highest BCUT2D eigenvalue weighted by atomic mass is 32.1. The molecule has 1 saturated carbocycles. The molecule has 1 aromatic rings. The van der Waals surface area contributed by atoms with E-state index in [2.05, 4.69) is 31.0 Å². The molecule has 0 radical (unpaired) electrons. The van der Waals surface area contributed by atoms with Crippen LogP contribution < -0.4 is 10.2 Å². The predicted octanol–water partition coefficient (Wildman–Crippen LogP) is 3.75. The number of nitrogens with zero attached hydrogens (tertiary/aromatic N) is 2. The van der Waals surface area contributed by atoms with Gasteiger partial charge in [0.1, 0.15) is 0 Å². The average molecular weight is 281 g/mol. The molecule has 0 amide bonds. The Morgan fingerprint density at radius 2 is 2.05 bits per heavy atom. The second-order valence-electron chi connectivity index (χ2n) is 5.71. The molecule has 0 bridgehead atoms. The Labute approximate surface area is 121 Å². The molecule has 4 heteroatoms. The molecule has 1 N–H and O–H groups in total. The van der Waals surface area contributed by atoms with E-state index in [0.29, 0.717) is 5.92 Å². The van der Waals surface area contributed by atoms with Crippen LogP contribution in [0.4, 0.5) is 5.13 Å². The molecule has 19 heavy (non-hydrogen) atoms. The first-order chi connectivity index (χ1) is 9.17. The molecule has 1 fully saturated rings. The maximum atomic E-state index is 4.95. The molecular formula is C15H27N3S. The van der Waals surface area contributed by atoms with E-state index in [9.17, 15) is 0 Å². The van der Waals surface area contributed by atoms with Crippen molar-refractivity contribution in [2.75, 3.05) is 18.5 Å². The summed E-state index contributed by atoms with van der Waals surface area (Å²) in [4.78, 5) is 8.89. The standard InChI is InChI=1S/C15H27N3S/c1-5-18(12-8-6-7-9-12)15-17-14(11(2)3)13(19-15)10-16-4/h11-12,16H,5-10H2,1-4H3. The molecule has 1 aliphatic carbocycles. The third-order valence-electron chi connectivity index (χ3n) is 3.95. The van der Waals surface area contributed by atoms with Crippen LogP contribution in [0.25, 0.3) is 0 Å². The molecule has 0 saturated heterocycles. The minimum Gasteiger partial charge on any atom is -0.345 e. The summed E-state index contributed by atoms with van der Waals surface area (Å²) in [6.45, 7) is 8.75. The van der Waals surface area contributed by atoms with Gasteiger partial charge in [-0.1, -0.05) is 26.7 Å². The summed E-state index contributed by atoms with van der Waals surface area (Å²) in [7, 11) is 2.01. The van der Waals surface area contributed by atoms with Gasteiger partial charge in [0.15, 0.2) is 5.13 Å². The monoisotopic (exact) mass is 281 g/mol. The number of anilines is 1. The van der Waals surface area contributed by atoms with Crippen LogP contribution >= 0.6 is 11.3 Å². The Balaban J connectivity index is 2.24. The summed E-state index contributed by atoms with van der Waals surface area (Å²) < 4.78 is 0. The Bertz CT molecular complexity index is 394. The van der Waals surface area contributed by atoms with Gasteiger partial charge in [-0.05, 0) is 32.7 Å². The van der Waals surface area contributed by atoms with Gasteiger partial charge < -0.3 is 10.2 Å². The first kappa shape index (κ1) is 14.8. The number of thiazole rings is 1. The fourth-order valence-electron chi connectivity index (χ4n) is 2.98. The van der Waals surface area contributed by atoms with Crippen molar-refractivity contribution in [2.24, 2.45) is 0 Å². The van der Waals surface area contributed by atoms with Gasteiger partial charge in [-0.2, -0.15) is 0 Å². The number of nitrogens with one attached hydrogen (secondary N) is 1. The van der Waals surface area contributed by atoms with E-state index in [1.807, 2.05) is 18.4 Å². The molecule has 3 nitrogen and oxygen atoms in total. The van der Waals surface area contributed by atoms with Crippen LogP contribution in [0.5, 0.6) is 0 Å². The van der Waals surface area contributed by atoms with Crippen LogP contribution in [0, 0.1) is 0 Å². The largest absolute Gasteiger partial charge is 0.345 e. The highest BCUT2D eigenvalue weighted by Gasteiger charge is 2.25.